The van der Waals surface area contributed by atoms with Crippen LogP contribution in [-0.2, 0) is 0 Å². The van der Waals surface area contributed by atoms with Gasteiger partial charge in [0.1, 0.15) is 0 Å². The van der Waals surface area contributed by atoms with Crippen molar-refractivity contribution < 1.29 is 5.11 Å². The van der Waals surface area contributed by atoms with Crippen LogP contribution in [0.5, 0.6) is 0 Å². The van der Waals surface area contributed by atoms with Crippen molar-refractivity contribution in [2.75, 3.05) is 6.54 Å². The summed E-state index contributed by atoms with van der Waals surface area (Å²) in [5.41, 5.74) is 0.0162. The molecule has 3 atom stereocenters. The predicted octanol–water partition coefficient (Wildman–Crippen LogP) is 2.17. The number of hydrogen-bond acceptors (Lipinski definition) is 2. The Morgan fingerprint density at radius 3 is 2.57 bits per heavy atom. The van der Waals surface area contributed by atoms with E-state index in [0.717, 1.165) is 18.9 Å². The number of piperidine rings is 1. The minimum atomic E-state index is -0.190. The van der Waals surface area contributed by atoms with Gasteiger partial charge in [0.2, 0.25) is 0 Å². The van der Waals surface area contributed by atoms with E-state index in [1.54, 1.807) is 0 Å². The minimum absolute atomic E-state index is 0.0162. The number of aliphatic hydroxyl groups is 1. The Kier molecular flexibility index (Phi) is 3.96. The summed E-state index contributed by atoms with van der Waals surface area (Å²) in [6, 6.07) is 0.521. The molecule has 1 fully saturated rings. The van der Waals surface area contributed by atoms with E-state index >= 15 is 0 Å². The lowest BCUT2D eigenvalue weighted by molar-refractivity contribution is 0.0413. The molecule has 0 aromatic rings. The summed E-state index contributed by atoms with van der Waals surface area (Å²) in [6.07, 6.45) is 3.20. The fourth-order valence-electron chi connectivity index (χ4n) is 2.02. The van der Waals surface area contributed by atoms with Gasteiger partial charge >= 0.3 is 0 Å². The van der Waals surface area contributed by atoms with Crippen molar-refractivity contribution in [2.45, 2.75) is 59.1 Å². The van der Waals surface area contributed by atoms with Crippen LogP contribution in [0, 0.1) is 11.3 Å². The first-order valence-corrected chi connectivity index (χ1v) is 5.81. The quantitative estimate of drug-likeness (QED) is 0.714. The highest BCUT2D eigenvalue weighted by Gasteiger charge is 2.27. The van der Waals surface area contributed by atoms with Crippen LogP contribution in [0.1, 0.15) is 47.0 Å². The molecule has 84 valence electrons. The summed E-state index contributed by atoms with van der Waals surface area (Å²) >= 11 is 0. The number of aliphatic hydroxyl groups excluding tert-OH is 1. The van der Waals surface area contributed by atoms with Gasteiger partial charge < -0.3 is 10.4 Å². The molecule has 1 rings (SSSR count). The molecule has 1 saturated heterocycles. The third kappa shape index (κ3) is 3.58. The summed E-state index contributed by atoms with van der Waals surface area (Å²) in [7, 11) is 0. The van der Waals surface area contributed by atoms with Crippen LogP contribution < -0.4 is 5.32 Å². The molecule has 2 heteroatoms. The van der Waals surface area contributed by atoms with E-state index < -0.39 is 0 Å². The Bertz CT molecular complexity index is 174. The summed E-state index contributed by atoms with van der Waals surface area (Å²) < 4.78 is 0. The van der Waals surface area contributed by atoms with Crippen molar-refractivity contribution in [3.63, 3.8) is 0 Å². The van der Waals surface area contributed by atoms with Gasteiger partial charge in [-0.3, -0.25) is 0 Å². The molecule has 2 N–H and O–H groups in total. The molecular weight excluding hydrogens is 174 g/mol. The number of hydrogen-bond donors (Lipinski definition) is 2. The van der Waals surface area contributed by atoms with Gasteiger partial charge in [-0.25, -0.2) is 0 Å². The monoisotopic (exact) mass is 199 g/mol. The fraction of sp³-hybridized carbons (Fsp3) is 1.00. The highest BCUT2D eigenvalue weighted by Crippen LogP contribution is 2.26. The third-order valence-electron chi connectivity index (χ3n) is 3.26. The Balaban J connectivity index is 2.36. The molecule has 0 aromatic heterocycles. The first kappa shape index (κ1) is 12.0. The molecule has 1 aliphatic rings. The lowest BCUT2D eigenvalue weighted by atomic mass is 9.82. The van der Waals surface area contributed by atoms with Crippen LogP contribution >= 0.6 is 0 Å². The third-order valence-corrected chi connectivity index (χ3v) is 3.26. The predicted molar refractivity (Wildman–Crippen MR) is 60.3 cm³/mol. The maximum Gasteiger partial charge on any atom is 0.0603 e. The Labute approximate surface area is 88.1 Å². The van der Waals surface area contributed by atoms with Gasteiger partial charge in [0, 0.05) is 6.04 Å². The SMILES string of the molecule is CC1CCNC(CC(O)C(C)(C)C)C1. The van der Waals surface area contributed by atoms with Gasteiger partial charge in [-0.2, -0.15) is 0 Å². The van der Waals surface area contributed by atoms with Crippen LogP contribution in [0.25, 0.3) is 0 Å². The molecule has 0 bridgehead atoms. The van der Waals surface area contributed by atoms with E-state index in [2.05, 4.69) is 33.0 Å². The Morgan fingerprint density at radius 2 is 2.07 bits per heavy atom. The van der Waals surface area contributed by atoms with Gasteiger partial charge in [-0.05, 0) is 37.1 Å². The lowest BCUT2D eigenvalue weighted by Crippen LogP contribution is -2.42. The average molecular weight is 199 g/mol. The zero-order valence-corrected chi connectivity index (χ0v) is 10.0. The maximum atomic E-state index is 9.98. The molecule has 2 nitrogen and oxygen atoms in total. The molecule has 0 aliphatic carbocycles. The van der Waals surface area contributed by atoms with Crippen molar-refractivity contribution in [1.82, 2.24) is 5.32 Å². The van der Waals surface area contributed by atoms with E-state index in [4.69, 9.17) is 0 Å². The van der Waals surface area contributed by atoms with Crippen molar-refractivity contribution in [3.05, 3.63) is 0 Å². The molecular formula is C12H25NO. The molecule has 14 heavy (non-hydrogen) atoms. The van der Waals surface area contributed by atoms with Gasteiger partial charge in [0.05, 0.1) is 6.10 Å². The van der Waals surface area contributed by atoms with Crippen LogP contribution in [0.4, 0.5) is 0 Å². The van der Waals surface area contributed by atoms with E-state index in [1.165, 1.54) is 12.8 Å². The number of rotatable bonds is 2. The Hall–Kier alpha value is -0.0800. The van der Waals surface area contributed by atoms with Crippen molar-refractivity contribution in [1.29, 1.82) is 0 Å². The van der Waals surface area contributed by atoms with Gasteiger partial charge in [-0.15, -0.1) is 0 Å². The highest BCUT2D eigenvalue weighted by molar-refractivity contribution is 4.82. The fourth-order valence-corrected chi connectivity index (χ4v) is 2.02. The zero-order chi connectivity index (χ0) is 10.8. The van der Waals surface area contributed by atoms with Crippen molar-refractivity contribution in [2.24, 2.45) is 11.3 Å². The standard InChI is InChI=1S/C12H25NO/c1-9-5-6-13-10(7-9)8-11(14)12(2,3)4/h9-11,13-14H,5-8H2,1-4H3. The molecule has 1 heterocycles. The molecule has 0 saturated carbocycles. The average Bonchev–Trinajstić information content (AvgIpc) is 2.02. The molecule has 0 aromatic carbocycles. The second-order valence-corrected chi connectivity index (χ2v) is 5.90. The molecule has 3 unspecified atom stereocenters. The van der Waals surface area contributed by atoms with E-state index in [9.17, 15) is 5.11 Å². The smallest absolute Gasteiger partial charge is 0.0603 e. The van der Waals surface area contributed by atoms with Crippen molar-refractivity contribution >= 4 is 0 Å². The largest absolute Gasteiger partial charge is 0.393 e. The number of nitrogens with one attached hydrogen (secondary N) is 1. The highest BCUT2D eigenvalue weighted by atomic mass is 16.3. The van der Waals surface area contributed by atoms with Crippen LogP contribution in [0.3, 0.4) is 0 Å². The molecule has 1 aliphatic heterocycles. The lowest BCUT2D eigenvalue weighted by Gasteiger charge is -2.33. The van der Waals surface area contributed by atoms with Crippen molar-refractivity contribution in [3.8, 4) is 0 Å². The summed E-state index contributed by atoms with van der Waals surface area (Å²) in [6.45, 7) is 9.72. The normalized spacial score (nSPS) is 31.5. The zero-order valence-electron chi connectivity index (χ0n) is 10.0. The van der Waals surface area contributed by atoms with Gasteiger partial charge in [0.25, 0.3) is 0 Å². The van der Waals surface area contributed by atoms with E-state index in [-0.39, 0.29) is 11.5 Å². The Morgan fingerprint density at radius 1 is 1.43 bits per heavy atom. The first-order valence-electron chi connectivity index (χ1n) is 5.81. The minimum Gasteiger partial charge on any atom is -0.393 e. The van der Waals surface area contributed by atoms with E-state index in [0.29, 0.717) is 6.04 Å². The molecule has 0 spiro atoms. The van der Waals surface area contributed by atoms with Gasteiger partial charge in [0.15, 0.2) is 0 Å². The van der Waals surface area contributed by atoms with E-state index in [1.807, 2.05) is 0 Å². The van der Waals surface area contributed by atoms with Crippen LogP contribution in [0.15, 0.2) is 0 Å². The molecule has 0 amide bonds. The summed E-state index contributed by atoms with van der Waals surface area (Å²) in [5.74, 6) is 0.813. The summed E-state index contributed by atoms with van der Waals surface area (Å²) in [4.78, 5) is 0. The van der Waals surface area contributed by atoms with Gasteiger partial charge in [-0.1, -0.05) is 27.7 Å². The van der Waals surface area contributed by atoms with Crippen LogP contribution in [-0.4, -0.2) is 23.8 Å². The van der Waals surface area contributed by atoms with Crippen LogP contribution in [0.2, 0.25) is 0 Å². The summed E-state index contributed by atoms with van der Waals surface area (Å²) in [5, 5.41) is 13.5. The maximum absolute atomic E-state index is 9.98. The molecule has 0 radical (unpaired) electrons. The first-order chi connectivity index (χ1) is 6.39. The second-order valence-electron chi connectivity index (χ2n) is 5.90. The second kappa shape index (κ2) is 4.63. The topological polar surface area (TPSA) is 32.3 Å².